The molecule has 0 bridgehead atoms. The third-order valence-corrected chi connectivity index (χ3v) is 6.81. The number of benzene rings is 2. The number of ether oxygens (including phenoxy) is 2. The summed E-state index contributed by atoms with van der Waals surface area (Å²) in [5, 5.41) is 4.06. The van der Waals surface area contributed by atoms with E-state index in [1.165, 1.54) is 0 Å². The maximum absolute atomic E-state index is 13.8. The third kappa shape index (κ3) is 3.86. The second kappa shape index (κ2) is 8.56. The van der Waals surface area contributed by atoms with Gasteiger partial charge in [0.05, 0.1) is 19.8 Å². The monoisotopic (exact) mass is 447 g/mol. The van der Waals surface area contributed by atoms with Gasteiger partial charge >= 0.3 is 0 Å². The predicted molar refractivity (Wildman–Crippen MR) is 125 cm³/mol. The van der Waals surface area contributed by atoms with Crippen LogP contribution in [0, 0.1) is 0 Å². The average molecular weight is 448 g/mol. The number of rotatable bonds is 6. The van der Waals surface area contributed by atoms with Crippen LogP contribution in [0.5, 0.6) is 5.75 Å². The zero-order valence-electron chi connectivity index (χ0n) is 19.0. The van der Waals surface area contributed by atoms with Crippen LogP contribution in [0.1, 0.15) is 35.8 Å². The number of amides is 2. The number of nitrogens with one attached hydrogen (secondary N) is 1. The second-order valence-corrected chi connectivity index (χ2v) is 9.04. The number of aromatic nitrogens is 1. The highest BCUT2D eigenvalue weighted by Gasteiger charge is 2.47. The Kier molecular flexibility index (Phi) is 5.58. The summed E-state index contributed by atoms with van der Waals surface area (Å²) in [6.07, 6.45) is 1.99. The van der Waals surface area contributed by atoms with E-state index in [-0.39, 0.29) is 17.9 Å². The average Bonchev–Trinajstić information content (AvgIpc) is 3.48. The van der Waals surface area contributed by atoms with Crippen molar-refractivity contribution >= 4 is 22.7 Å². The van der Waals surface area contributed by atoms with Crippen LogP contribution in [0.4, 0.5) is 0 Å². The number of para-hydroxylation sites is 1. The van der Waals surface area contributed by atoms with Gasteiger partial charge < -0.3 is 24.3 Å². The number of fused-ring (bicyclic) bond motifs is 3. The highest BCUT2D eigenvalue weighted by Crippen LogP contribution is 2.34. The molecular weight excluding hydrogens is 418 g/mol. The number of hydrogen-bond donors (Lipinski definition) is 1. The molecule has 7 heteroatoms. The maximum Gasteiger partial charge on any atom is 0.271 e. The van der Waals surface area contributed by atoms with Crippen molar-refractivity contribution in [2.45, 2.75) is 44.5 Å². The van der Waals surface area contributed by atoms with Gasteiger partial charge in [0.2, 0.25) is 5.91 Å². The Morgan fingerprint density at radius 1 is 1.21 bits per heavy atom. The molecule has 2 aromatic carbocycles. The molecule has 0 saturated carbocycles. The summed E-state index contributed by atoms with van der Waals surface area (Å²) in [4.78, 5) is 29.1. The molecule has 5 rings (SSSR count). The summed E-state index contributed by atoms with van der Waals surface area (Å²) in [5.74, 6) is 0.392. The predicted octanol–water partition coefficient (Wildman–Crippen LogP) is 3.36. The molecule has 0 spiro atoms. The lowest BCUT2D eigenvalue weighted by Gasteiger charge is -2.44. The first kappa shape index (κ1) is 21.5. The molecule has 1 N–H and O–H groups in total. The normalized spacial score (nSPS) is 22.4. The molecule has 2 aliphatic rings. The summed E-state index contributed by atoms with van der Waals surface area (Å²) in [6.45, 7) is 3.73. The number of methoxy groups -OCH3 is 1. The molecule has 0 aliphatic carbocycles. The third-order valence-electron chi connectivity index (χ3n) is 6.81. The Bertz CT molecular complexity index is 1200. The van der Waals surface area contributed by atoms with Gasteiger partial charge in [0.15, 0.2) is 0 Å². The Labute approximate surface area is 193 Å². The van der Waals surface area contributed by atoms with Gasteiger partial charge in [-0.2, -0.15) is 0 Å². The molecule has 1 fully saturated rings. The fraction of sp³-hybridized carbons (Fsp3) is 0.385. The van der Waals surface area contributed by atoms with Crippen molar-refractivity contribution in [1.29, 1.82) is 0 Å². The van der Waals surface area contributed by atoms with Gasteiger partial charge in [-0.15, -0.1) is 0 Å². The van der Waals surface area contributed by atoms with Gasteiger partial charge in [-0.1, -0.05) is 30.3 Å². The lowest BCUT2D eigenvalue weighted by molar-refractivity contribution is -0.133. The first-order chi connectivity index (χ1) is 16.0. The molecule has 2 amide bonds. The summed E-state index contributed by atoms with van der Waals surface area (Å²) >= 11 is 0. The van der Waals surface area contributed by atoms with E-state index in [1.54, 1.807) is 12.0 Å². The lowest BCUT2D eigenvalue weighted by Crippen LogP contribution is -2.64. The van der Waals surface area contributed by atoms with Crippen LogP contribution in [-0.2, 0) is 22.6 Å². The summed E-state index contributed by atoms with van der Waals surface area (Å²) in [5.41, 5.74) is 1.40. The molecule has 2 atom stereocenters. The van der Waals surface area contributed by atoms with E-state index in [0.29, 0.717) is 25.3 Å². The van der Waals surface area contributed by atoms with Crippen LogP contribution in [0.3, 0.4) is 0 Å². The van der Waals surface area contributed by atoms with E-state index in [1.807, 2.05) is 66.1 Å². The molecule has 0 radical (unpaired) electrons. The minimum absolute atomic E-state index is 0.0339. The van der Waals surface area contributed by atoms with Crippen molar-refractivity contribution in [1.82, 2.24) is 14.8 Å². The molecular formula is C26H29N3O4. The van der Waals surface area contributed by atoms with E-state index < -0.39 is 5.54 Å². The zero-order valence-corrected chi connectivity index (χ0v) is 19.0. The SMILES string of the molecule is COc1cccc(CN2C(=O)c3cc4ccccc4n3C[C@]2(C)C(=O)NC[C@H]2CCCO2)c1. The first-order valence-corrected chi connectivity index (χ1v) is 11.4. The quantitative estimate of drug-likeness (QED) is 0.629. The van der Waals surface area contributed by atoms with E-state index >= 15 is 0 Å². The molecule has 2 aliphatic heterocycles. The number of nitrogens with zero attached hydrogens (tertiary/aromatic N) is 2. The summed E-state index contributed by atoms with van der Waals surface area (Å²) in [7, 11) is 1.62. The van der Waals surface area contributed by atoms with Gasteiger partial charge in [0.1, 0.15) is 17.0 Å². The van der Waals surface area contributed by atoms with Crippen LogP contribution in [0.25, 0.3) is 10.9 Å². The number of hydrogen-bond acceptors (Lipinski definition) is 4. The largest absolute Gasteiger partial charge is 0.497 e. The molecule has 3 heterocycles. The first-order valence-electron chi connectivity index (χ1n) is 11.4. The highest BCUT2D eigenvalue weighted by molar-refractivity contribution is 6.03. The van der Waals surface area contributed by atoms with E-state index in [0.717, 1.165) is 41.7 Å². The van der Waals surface area contributed by atoms with Gasteiger partial charge in [-0.3, -0.25) is 9.59 Å². The standard InChI is InChI=1S/C26H29N3O4/c1-26(25(31)27-15-21-10-6-12-33-21)17-28-22-11-4-3-8-19(22)14-23(28)24(30)29(26)16-18-7-5-9-20(13-18)32-2/h3-5,7-9,11,13-14,21H,6,10,12,15-17H2,1-2H3,(H,27,31)/t21-,26-/m1/s1. The molecule has 1 aromatic heterocycles. The summed E-state index contributed by atoms with van der Waals surface area (Å²) < 4.78 is 13.0. The molecule has 3 aromatic rings. The van der Waals surface area contributed by atoms with Crippen molar-refractivity contribution in [3.8, 4) is 5.75 Å². The highest BCUT2D eigenvalue weighted by atomic mass is 16.5. The van der Waals surface area contributed by atoms with Crippen molar-refractivity contribution in [2.24, 2.45) is 0 Å². The Hall–Kier alpha value is -3.32. The molecule has 172 valence electrons. The van der Waals surface area contributed by atoms with Crippen molar-refractivity contribution in [3.63, 3.8) is 0 Å². The minimum atomic E-state index is -1.06. The second-order valence-electron chi connectivity index (χ2n) is 9.04. The molecule has 33 heavy (non-hydrogen) atoms. The fourth-order valence-electron chi connectivity index (χ4n) is 4.91. The minimum Gasteiger partial charge on any atom is -0.497 e. The Morgan fingerprint density at radius 2 is 2.06 bits per heavy atom. The maximum atomic E-state index is 13.8. The number of carbonyl (C=O) groups is 2. The van der Waals surface area contributed by atoms with Crippen LogP contribution < -0.4 is 10.1 Å². The molecule has 1 saturated heterocycles. The Morgan fingerprint density at radius 3 is 2.85 bits per heavy atom. The number of carbonyl (C=O) groups excluding carboxylic acids is 2. The molecule has 0 unspecified atom stereocenters. The molecule has 7 nitrogen and oxygen atoms in total. The van der Waals surface area contributed by atoms with E-state index in [9.17, 15) is 9.59 Å². The van der Waals surface area contributed by atoms with Crippen LogP contribution in [0.2, 0.25) is 0 Å². The zero-order chi connectivity index (χ0) is 23.0. The van der Waals surface area contributed by atoms with Crippen molar-refractivity contribution in [2.75, 3.05) is 20.3 Å². The van der Waals surface area contributed by atoms with Crippen LogP contribution >= 0.6 is 0 Å². The van der Waals surface area contributed by atoms with Crippen molar-refractivity contribution in [3.05, 3.63) is 65.9 Å². The van der Waals surface area contributed by atoms with Gasteiger partial charge in [0, 0.05) is 30.6 Å². The van der Waals surface area contributed by atoms with E-state index in [2.05, 4.69) is 5.32 Å². The fourth-order valence-corrected chi connectivity index (χ4v) is 4.91. The van der Waals surface area contributed by atoms with Gasteiger partial charge in [-0.25, -0.2) is 0 Å². The van der Waals surface area contributed by atoms with Crippen LogP contribution in [-0.4, -0.2) is 53.2 Å². The van der Waals surface area contributed by atoms with Gasteiger partial charge in [-0.05, 0) is 49.6 Å². The lowest BCUT2D eigenvalue weighted by atomic mass is 9.93. The van der Waals surface area contributed by atoms with Gasteiger partial charge in [0.25, 0.3) is 5.91 Å². The topological polar surface area (TPSA) is 72.8 Å². The Balaban J connectivity index is 1.52. The van der Waals surface area contributed by atoms with Crippen molar-refractivity contribution < 1.29 is 19.1 Å². The summed E-state index contributed by atoms with van der Waals surface area (Å²) in [6, 6.07) is 17.4. The smallest absolute Gasteiger partial charge is 0.271 e. The van der Waals surface area contributed by atoms with E-state index in [4.69, 9.17) is 9.47 Å². The van der Waals surface area contributed by atoms with Crippen LogP contribution in [0.15, 0.2) is 54.6 Å².